The number of imidazole rings is 1. The molecule has 2 aromatic rings. The van der Waals surface area contributed by atoms with E-state index >= 15 is 0 Å². The number of fused-ring (bicyclic) bond motifs is 1. The third-order valence-corrected chi connectivity index (χ3v) is 8.94. The number of rotatable bonds is 8. The zero-order chi connectivity index (χ0) is 26.6. The summed E-state index contributed by atoms with van der Waals surface area (Å²) in [5, 5.41) is 10.7. The first kappa shape index (κ1) is 27.9. The van der Waals surface area contributed by atoms with Crippen molar-refractivity contribution in [2.24, 2.45) is 0 Å². The number of phosphoric ester groups is 1. The SMILES string of the molecule is C#CC1(Cl)[C@@H](O)[C@@H]([C@@H](C)OP(=O)(O)OP(=O)(O)OP(=O)(O)O)O[C@H]1n1cnc2c(=O)[nH]c(N)nc21. The number of nitrogens with zero attached hydrogens (tertiary/aromatic N) is 3. The summed E-state index contributed by atoms with van der Waals surface area (Å²) in [6, 6.07) is 0. The number of anilines is 1. The minimum absolute atomic E-state index is 0.134. The summed E-state index contributed by atoms with van der Waals surface area (Å²) in [7, 11) is -17.0. The second kappa shape index (κ2) is 9.33. The Morgan fingerprint density at radius 2 is 1.94 bits per heavy atom. The number of nitrogen functional groups attached to an aromatic ring is 1. The Morgan fingerprint density at radius 1 is 1.31 bits per heavy atom. The van der Waals surface area contributed by atoms with E-state index in [1.54, 1.807) is 0 Å². The number of hydrogen-bond donors (Lipinski definition) is 7. The first-order valence-electron chi connectivity index (χ1n) is 8.94. The zero-order valence-electron chi connectivity index (χ0n) is 17.1. The molecule has 2 aromatic heterocycles. The van der Waals surface area contributed by atoms with Crippen molar-refractivity contribution in [1.29, 1.82) is 0 Å². The third-order valence-electron chi connectivity index (χ3n) is 4.49. The van der Waals surface area contributed by atoms with Gasteiger partial charge in [-0.25, -0.2) is 18.7 Å². The molecule has 0 saturated carbocycles. The molecule has 3 rings (SSSR count). The van der Waals surface area contributed by atoms with Crippen LogP contribution in [0.1, 0.15) is 13.2 Å². The number of aromatic amines is 1. The highest BCUT2D eigenvalue weighted by Gasteiger charge is 2.58. The first-order valence-corrected chi connectivity index (χ1v) is 13.8. The summed E-state index contributed by atoms with van der Waals surface area (Å²) in [5.74, 6) is 1.83. The summed E-state index contributed by atoms with van der Waals surface area (Å²) in [6.07, 6.45) is -0.0591. The molecule has 0 radical (unpaired) electrons. The molecule has 194 valence electrons. The Morgan fingerprint density at radius 3 is 2.51 bits per heavy atom. The zero-order valence-corrected chi connectivity index (χ0v) is 20.5. The van der Waals surface area contributed by atoms with Crippen molar-refractivity contribution < 1.29 is 56.3 Å². The smallest absolute Gasteiger partial charge is 0.387 e. The van der Waals surface area contributed by atoms with Gasteiger partial charge in [0.2, 0.25) is 5.95 Å². The molecule has 22 heteroatoms. The van der Waals surface area contributed by atoms with E-state index in [0.29, 0.717) is 0 Å². The fourth-order valence-electron chi connectivity index (χ4n) is 3.18. The van der Waals surface area contributed by atoms with Gasteiger partial charge >= 0.3 is 23.5 Å². The number of ether oxygens (including phenoxy) is 1. The van der Waals surface area contributed by atoms with E-state index in [1.165, 1.54) is 0 Å². The molecule has 3 unspecified atom stereocenters. The van der Waals surface area contributed by atoms with Crippen LogP contribution in [0.3, 0.4) is 0 Å². The number of aliphatic hydroxyl groups excluding tert-OH is 1. The van der Waals surface area contributed by atoms with Crippen molar-refractivity contribution in [3.05, 3.63) is 16.7 Å². The molecule has 1 aliphatic heterocycles. The van der Waals surface area contributed by atoms with Crippen molar-refractivity contribution in [3.63, 3.8) is 0 Å². The highest BCUT2D eigenvalue weighted by molar-refractivity contribution is 7.66. The number of nitrogens with two attached hydrogens (primary N) is 1. The number of hydrogen-bond acceptors (Lipinski definition) is 12. The Kier molecular flexibility index (Phi) is 7.44. The van der Waals surface area contributed by atoms with Crippen LogP contribution in [0.15, 0.2) is 11.1 Å². The highest BCUT2D eigenvalue weighted by Crippen LogP contribution is 2.66. The molecule has 0 aliphatic carbocycles. The molecule has 0 bridgehead atoms. The maximum Gasteiger partial charge on any atom is 0.490 e. The largest absolute Gasteiger partial charge is 0.490 e. The third kappa shape index (κ3) is 5.85. The number of aliphatic hydroxyl groups is 1. The maximum absolute atomic E-state index is 12.1. The van der Waals surface area contributed by atoms with Crippen LogP contribution in [0.2, 0.25) is 0 Å². The molecule has 0 spiro atoms. The van der Waals surface area contributed by atoms with Crippen LogP contribution in [0, 0.1) is 12.3 Å². The van der Waals surface area contributed by atoms with E-state index in [2.05, 4.69) is 34.0 Å². The van der Waals surface area contributed by atoms with Gasteiger partial charge in [0.15, 0.2) is 22.3 Å². The summed E-state index contributed by atoms with van der Waals surface area (Å²) in [6.45, 7) is 1.05. The maximum atomic E-state index is 12.1. The van der Waals surface area contributed by atoms with E-state index in [4.69, 9.17) is 38.3 Å². The average molecular weight is 580 g/mol. The molecule has 7 atom stereocenters. The van der Waals surface area contributed by atoms with Gasteiger partial charge in [-0.3, -0.25) is 18.9 Å². The number of H-pyrrole nitrogens is 1. The molecule has 1 fully saturated rings. The molecule has 1 aliphatic rings. The van der Waals surface area contributed by atoms with Gasteiger partial charge in [0.1, 0.15) is 12.2 Å². The number of nitrogens with one attached hydrogen (secondary N) is 1. The molecular weight excluding hydrogens is 563 g/mol. The van der Waals surface area contributed by atoms with Gasteiger partial charge in [0, 0.05) is 0 Å². The minimum Gasteiger partial charge on any atom is -0.387 e. The van der Waals surface area contributed by atoms with Crippen LogP contribution >= 0.6 is 35.1 Å². The van der Waals surface area contributed by atoms with Crippen molar-refractivity contribution in [1.82, 2.24) is 19.5 Å². The lowest BCUT2D eigenvalue weighted by Gasteiger charge is -2.26. The van der Waals surface area contributed by atoms with Crippen molar-refractivity contribution >= 4 is 52.2 Å². The summed E-state index contributed by atoms with van der Waals surface area (Å²) in [4.78, 5) is 56.2. The van der Waals surface area contributed by atoms with Crippen LogP contribution in [0.5, 0.6) is 0 Å². The molecule has 35 heavy (non-hydrogen) atoms. The number of terminal acetylenes is 1. The van der Waals surface area contributed by atoms with Gasteiger partial charge in [-0.05, 0) is 6.92 Å². The van der Waals surface area contributed by atoms with Gasteiger partial charge in [-0.15, -0.1) is 6.42 Å². The lowest BCUT2D eigenvalue weighted by molar-refractivity contribution is -0.0728. The van der Waals surface area contributed by atoms with E-state index in [0.717, 1.165) is 17.8 Å². The molecule has 8 N–H and O–H groups in total. The van der Waals surface area contributed by atoms with Crippen LogP contribution in [-0.2, 0) is 31.6 Å². The first-order chi connectivity index (χ1) is 15.9. The van der Waals surface area contributed by atoms with Crippen LogP contribution in [0.25, 0.3) is 11.2 Å². The van der Waals surface area contributed by atoms with Gasteiger partial charge in [-0.2, -0.15) is 13.6 Å². The van der Waals surface area contributed by atoms with E-state index in [9.17, 15) is 33.4 Å². The lowest BCUT2D eigenvalue weighted by atomic mass is 9.97. The van der Waals surface area contributed by atoms with Crippen LogP contribution in [-0.4, -0.2) is 67.4 Å². The molecular formula is C13H17ClN5O13P3. The number of alkyl halides is 1. The molecule has 0 amide bonds. The number of aromatic nitrogens is 4. The standard InChI is InChI=1S/C13H17ClN5O13P3/c1-3-13(14)8(20)7(5(2)30-34(25,26)32-35(27,28)31-33(22,23)24)29-11(13)19-4-16-6-9(19)17-12(15)18-10(6)21/h1,4-5,7-8,11,20H,2H3,(H,25,26)(H,27,28)(H2,22,23,24)(H3,15,17,18,21)/t5-,7-,8+,11-,13?/m1/s1. The highest BCUT2D eigenvalue weighted by atomic mass is 35.5. The molecule has 3 heterocycles. The number of phosphoric acid groups is 3. The van der Waals surface area contributed by atoms with E-state index in [-0.39, 0.29) is 17.1 Å². The van der Waals surface area contributed by atoms with Crippen molar-refractivity contribution in [3.8, 4) is 12.3 Å². The molecule has 18 nitrogen and oxygen atoms in total. The monoisotopic (exact) mass is 579 g/mol. The molecule has 1 saturated heterocycles. The van der Waals surface area contributed by atoms with Crippen molar-refractivity contribution in [2.45, 2.75) is 36.3 Å². The quantitative estimate of drug-likeness (QED) is 0.116. The predicted octanol–water partition coefficient (Wildman–Crippen LogP) is -0.697. The summed E-state index contributed by atoms with van der Waals surface area (Å²) in [5.41, 5.74) is 4.52. The second-order valence-electron chi connectivity index (χ2n) is 6.99. The van der Waals surface area contributed by atoms with Crippen LogP contribution < -0.4 is 11.3 Å². The Labute approximate surface area is 199 Å². The Hall–Kier alpha value is -1.67. The average Bonchev–Trinajstić information content (AvgIpc) is 3.18. The lowest BCUT2D eigenvalue weighted by Crippen LogP contribution is -2.43. The predicted molar refractivity (Wildman–Crippen MR) is 114 cm³/mol. The van der Waals surface area contributed by atoms with Crippen LogP contribution in [0.4, 0.5) is 5.95 Å². The second-order valence-corrected chi connectivity index (χ2v) is 12.0. The topological polar surface area (TPSA) is 279 Å². The van der Waals surface area contributed by atoms with Gasteiger partial charge in [0.05, 0.1) is 12.4 Å². The van der Waals surface area contributed by atoms with E-state index < -0.39 is 58.4 Å². The normalized spacial score (nSPS) is 29.4. The Bertz CT molecular complexity index is 1390. The number of halogens is 1. The summed E-state index contributed by atoms with van der Waals surface area (Å²) >= 11 is 6.42. The van der Waals surface area contributed by atoms with Crippen molar-refractivity contribution in [2.75, 3.05) is 5.73 Å². The van der Waals surface area contributed by atoms with E-state index in [1.807, 2.05) is 0 Å². The minimum atomic E-state index is -5.79. The Balaban J connectivity index is 1.89. The van der Waals surface area contributed by atoms with Gasteiger partial charge < -0.3 is 35.2 Å². The van der Waals surface area contributed by atoms with Gasteiger partial charge in [0.25, 0.3) is 5.56 Å². The fourth-order valence-corrected chi connectivity index (χ4v) is 6.66. The van der Waals surface area contributed by atoms with Gasteiger partial charge in [-0.1, -0.05) is 17.5 Å². The summed E-state index contributed by atoms with van der Waals surface area (Å²) < 4.78 is 53.1. The fraction of sp³-hybridized carbons (Fsp3) is 0.462. The molecule has 0 aromatic carbocycles.